The van der Waals surface area contributed by atoms with Crippen LogP contribution in [0, 0.1) is 10.4 Å². The first-order valence-corrected chi connectivity index (χ1v) is 22.0. The van der Waals surface area contributed by atoms with E-state index in [2.05, 4.69) is 206 Å². The Morgan fingerprint density at radius 2 is 0.952 bits per heavy atom. The number of aromatic nitrogens is 2. The molecule has 0 saturated carbocycles. The third-order valence-electron chi connectivity index (χ3n) is 12.5. The number of benzene rings is 9. The van der Waals surface area contributed by atoms with Crippen LogP contribution < -0.4 is 10.7 Å². The lowest BCUT2D eigenvalue weighted by Gasteiger charge is -2.20. The average Bonchev–Trinajstić information content (AvgIpc) is 4.06. The second-order valence-corrected chi connectivity index (χ2v) is 17.0. The number of hydrogen-bond acceptors (Lipinski definition) is 5. The summed E-state index contributed by atoms with van der Waals surface area (Å²) in [5.41, 5.74) is 16.9. The van der Waals surface area contributed by atoms with Crippen LogP contribution >= 0.6 is 11.3 Å². The second-order valence-electron chi connectivity index (χ2n) is 16.0. The van der Waals surface area contributed by atoms with E-state index in [0.29, 0.717) is 5.82 Å². The second kappa shape index (κ2) is 14.2. The normalized spacial score (nSPS) is 12.1. The topological polar surface area (TPSA) is 50.5 Å². The van der Waals surface area contributed by atoms with Crippen LogP contribution in [0.2, 0.25) is 0 Å². The summed E-state index contributed by atoms with van der Waals surface area (Å²) in [6.45, 7) is 0. The lowest BCUT2D eigenvalue weighted by molar-refractivity contribution is 1.24. The summed E-state index contributed by atoms with van der Waals surface area (Å²) in [4.78, 5) is 21.9. The molecule has 0 radical (unpaired) electrons. The van der Waals surface area contributed by atoms with Crippen molar-refractivity contribution in [3.8, 4) is 78.3 Å². The Morgan fingerprint density at radius 3 is 1.71 bits per heavy atom. The summed E-state index contributed by atoms with van der Waals surface area (Å²) in [5.74, 6) is 0.663. The minimum absolute atomic E-state index is 0.663. The Kier molecular flexibility index (Phi) is 8.05. The van der Waals surface area contributed by atoms with Crippen LogP contribution in [0.5, 0.6) is 0 Å². The van der Waals surface area contributed by atoms with Gasteiger partial charge >= 0.3 is 0 Å². The number of hydrogen-bond donors (Lipinski definition) is 0. The van der Waals surface area contributed by atoms with Crippen molar-refractivity contribution in [2.45, 2.75) is 0 Å². The Hall–Kier alpha value is -8.12. The fourth-order valence-corrected chi connectivity index (χ4v) is 10.9. The first-order valence-electron chi connectivity index (χ1n) is 21.2. The molecule has 0 amide bonds. The van der Waals surface area contributed by atoms with E-state index < -0.39 is 0 Å². The molecule has 0 bridgehead atoms. The average molecular weight is 819 g/mol. The molecule has 4 nitrogen and oxygen atoms in total. The summed E-state index contributed by atoms with van der Waals surface area (Å²) < 4.78 is 2.27. The van der Waals surface area contributed by atoms with Crippen molar-refractivity contribution in [1.82, 2.24) is 9.97 Å². The molecule has 0 N–H and O–H groups in total. The summed E-state index contributed by atoms with van der Waals surface area (Å²) in [6.07, 6.45) is 0. The molecule has 5 heteroatoms. The van der Waals surface area contributed by atoms with E-state index in [0.717, 1.165) is 104 Å². The number of fused-ring (bicyclic) bond motifs is 9. The monoisotopic (exact) mass is 818 g/mol. The van der Waals surface area contributed by atoms with Crippen LogP contribution in [0.1, 0.15) is 0 Å². The zero-order valence-corrected chi connectivity index (χ0v) is 34.6. The van der Waals surface area contributed by atoms with E-state index in [4.69, 9.17) is 20.0 Å². The van der Waals surface area contributed by atoms with E-state index in [9.17, 15) is 0 Å². The van der Waals surface area contributed by atoms with Crippen LogP contribution in [-0.4, -0.2) is 9.97 Å². The summed E-state index contributed by atoms with van der Waals surface area (Å²) >= 11 is 1.77. The zero-order chi connectivity index (χ0) is 41.4. The van der Waals surface area contributed by atoms with Crippen LogP contribution in [-0.2, 0) is 0 Å². The van der Waals surface area contributed by atoms with Gasteiger partial charge in [0.1, 0.15) is 0 Å². The molecule has 0 atom stereocenters. The largest absolute Gasteiger partial charge is 0.248 e. The fourth-order valence-electron chi connectivity index (χ4n) is 9.65. The van der Waals surface area contributed by atoms with E-state index in [1.54, 1.807) is 11.3 Å². The van der Waals surface area contributed by atoms with Gasteiger partial charge in [0.05, 0.1) is 38.0 Å². The first kappa shape index (κ1) is 35.6. The van der Waals surface area contributed by atoms with Gasteiger partial charge < -0.3 is 0 Å². The molecule has 13 rings (SSSR count). The van der Waals surface area contributed by atoms with Crippen LogP contribution in [0.3, 0.4) is 0 Å². The molecule has 0 saturated heterocycles. The van der Waals surface area contributed by atoms with Gasteiger partial charge in [0.15, 0.2) is 5.82 Å². The number of thiophene rings is 1. The highest BCUT2D eigenvalue weighted by Gasteiger charge is 2.30. The van der Waals surface area contributed by atoms with Gasteiger partial charge in [-0.05, 0) is 69.3 Å². The van der Waals surface area contributed by atoms with E-state index in [1.165, 1.54) is 21.4 Å². The van der Waals surface area contributed by atoms with Crippen LogP contribution in [0.25, 0.3) is 98.6 Å². The van der Waals surface area contributed by atoms with Crippen molar-refractivity contribution in [3.63, 3.8) is 0 Å². The number of para-hydroxylation sites is 1. The zero-order valence-electron chi connectivity index (χ0n) is 33.8. The number of nitrogens with zero attached hydrogens (tertiary/aromatic N) is 4. The molecule has 11 aromatic rings. The standard InChI is InChI=1S/C58H34N4S/c1-4-17-35(18-5-1)38-23-10-11-24-40(38)41-25-12-13-27-43(41)50-45(32-34-48-51(50)52-49(59-48)33-31-44-42-26-14-15-30-47(42)60-54(44)52)58-61-53(37-21-8-3-9-22-37)57-55(62-58)46-29-16-28-39(56(46)63-57)36-19-6-2-7-20-36/h1-34H. The van der Waals surface area contributed by atoms with Gasteiger partial charge in [0.2, 0.25) is 0 Å². The predicted molar refractivity (Wildman–Crippen MR) is 259 cm³/mol. The van der Waals surface area contributed by atoms with Crippen molar-refractivity contribution in [2.75, 3.05) is 0 Å². The number of rotatable bonds is 6. The molecule has 292 valence electrons. The summed E-state index contributed by atoms with van der Waals surface area (Å²) in [5, 5.41) is 5.27. The van der Waals surface area contributed by atoms with Crippen LogP contribution in [0.15, 0.2) is 216 Å². The van der Waals surface area contributed by atoms with Gasteiger partial charge in [-0.3, -0.25) is 0 Å². The summed E-state index contributed by atoms with van der Waals surface area (Å²) in [6, 6.07) is 73.1. The highest BCUT2D eigenvalue weighted by atomic mass is 32.1. The molecule has 0 fully saturated rings. The quantitative estimate of drug-likeness (QED) is 0.168. The van der Waals surface area contributed by atoms with Gasteiger partial charge in [-0.25, -0.2) is 20.0 Å². The molecular weight excluding hydrogens is 785 g/mol. The summed E-state index contributed by atoms with van der Waals surface area (Å²) in [7, 11) is 0. The molecule has 63 heavy (non-hydrogen) atoms. The van der Waals surface area contributed by atoms with Gasteiger partial charge in [-0.2, -0.15) is 0 Å². The molecule has 2 aliphatic heterocycles. The maximum absolute atomic E-state index is 5.64. The van der Waals surface area contributed by atoms with E-state index in [-0.39, 0.29) is 0 Å². The Labute approximate surface area is 366 Å². The lowest BCUT2D eigenvalue weighted by Crippen LogP contribution is -2.02. The molecule has 0 spiro atoms. The third-order valence-corrected chi connectivity index (χ3v) is 13.7. The van der Waals surface area contributed by atoms with Gasteiger partial charge in [-0.1, -0.05) is 176 Å². The van der Waals surface area contributed by atoms with E-state index in [1.807, 2.05) is 0 Å². The van der Waals surface area contributed by atoms with Gasteiger partial charge in [-0.15, -0.1) is 11.3 Å². The molecule has 0 aliphatic carbocycles. The Balaban J connectivity index is 1.15. The predicted octanol–water partition coefficient (Wildman–Crippen LogP) is 14.3. The first-order chi connectivity index (χ1) is 31.3. The van der Waals surface area contributed by atoms with Crippen molar-refractivity contribution in [1.29, 1.82) is 0 Å². The van der Waals surface area contributed by atoms with Crippen molar-refractivity contribution < 1.29 is 0 Å². The minimum Gasteiger partial charge on any atom is -0.248 e. The minimum atomic E-state index is 0.663. The SMILES string of the molecule is c1ccc(-c2ccccc2-c2ccccc2-c2c(-c3nc(-c4ccccc4)c4sc5c(-c6ccccc6)cccc5c4n3)ccc3c2-c2c4c(ccc2=N3)=c2ccccc2=N4)cc1. The molecule has 4 heterocycles. The van der Waals surface area contributed by atoms with Gasteiger partial charge in [0, 0.05) is 48.3 Å². The molecule has 9 aromatic carbocycles. The molecule has 0 unspecified atom stereocenters. The molecule has 2 aromatic heterocycles. The lowest BCUT2D eigenvalue weighted by atomic mass is 9.83. The Bertz CT molecular complexity index is 3900. The molecular formula is C58H34N4S. The maximum atomic E-state index is 5.64. The fraction of sp³-hybridized carbons (Fsp3) is 0. The smallest absolute Gasteiger partial charge is 0.161 e. The van der Waals surface area contributed by atoms with Gasteiger partial charge in [0.25, 0.3) is 0 Å². The van der Waals surface area contributed by atoms with Crippen LogP contribution in [0.4, 0.5) is 11.4 Å². The van der Waals surface area contributed by atoms with E-state index >= 15 is 0 Å². The van der Waals surface area contributed by atoms with Crippen molar-refractivity contribution in [2.24, 2.45) is 9.98 Å². The third kappa shape index (κ3) is 5.60. The van der Waals surface area contributed by atoms with Crippen molar-refractivity contribution >= 4 is 43.0 Å². The Morgan fingerprint density at radius 1 is 0.333 bits per heavy atom. The highest BCUT2D eigenvalue weighted by Crippen LogP contribution is 2.52. The molecule has 2 aliphatic rings. The highest BCUT2D eigenvalue weighted by molar-refractivity contribution is 7.26. The van der Waals surface area contributed by atoms with Crippen molar-refractivity contribution in [3.05, 3.63) is 227 Å². The maximum Gasteiger partial charge on any atom is 0.161 e.